The van der Waals surface area contributed by atoms with E-state index in [1.165, 1.54) is 6.20 Å². The number of aromatic nitrogens is 1. The molecule has 0 aliphatic rings. The van der Waals surface area contributed by atoms with Gasteiger partial charge < -0.3 is 10.1 Å². The number of nitrogens with zero attached hydrogens (tertiary/aromatic N) is 1. The van der Waals surface area contributed by atoms with Gasteiger partial charge in [0.15, 0.2) is 24.1 Å². The number of esters is 1. The van der Waals surface area contributed by atoms with E-state index in [9.17, 15) is 18.4 Å². The maximum Gasteiger partial charge on any atom is 0.340 e. The number of nitrogens with one attached hydrogen (secondary N) is 1. The van der Waals surface area contributed by atoms with Crippen molar-refractivity contribution in [1.82, 2.24) is 4.98 Å². The summed E-state index contributed by atoms with van der Waals surface area (Å²) in [6, 6.07) is 1.21. The lowest BCUT2D eigenvalue weighted by Gasteiger charge is -2.10. The number of benzene rings is 1. The van der Waals surface area contributed by atoms with Crippen LogP contribution in [0.25, 0.3) is 0 Å². The molecule has 1 amide bonds. The monoisotopic (exact) mass is 408 g/mol. The maximum absolute atomic E-state index is 13.2. The molecule has 10 heteroatoms. The van der Waals surface area contributed by atoms with Gasteiger partial charge in [-0.15, -0.1) is 0 Å². The first-order chi connectivity index (χ1) is 11.7. The summed E-state index contributed by atoms with van der Waals surface area (Å²) in [6.07, 6.45) is 1.30. The van der Waals surface area contributed by atoms with Gasteiger partial charge >= 0.3 is 5.97 Å². The molecule has 0 saturated heterocycles. The fraction of sp³-hybridized carbons (Fsp3) is 0.133. The van der Waals surface area contributed by atoms with Gasteiger partial charge in [-0.25, -0.2) is 18.6 Å². The SMILES string of the molecule is Cc1c(Cl)cnc(NC(=O)COC(=O)c2cc(F)c(F)cc2Cl)c1Cl. The topological polar surface area (TPSA) is 68.3 Å². The van der Waals surface area contributed by atoms with E-state index in [1.807, 2.05) is 0 Å². The highest BCUT2D eigenvalue weighted by atomic mass is 35.5. The molecule has 2 rings (SSSR count). The second-order valence-corrected chi connectivity index (χ2v) is 5.96. The summed E-state index contributed by atoms with van der Waals surface area (Å²) in [5.74, 6) is -4.28. The normalized spacial score (nSPS) is 10.5. The Hall–Kier alpha value is -1.96. The minimum Gasteiger partial charge on any atom is -0.452 e. The first-order valence-electron chi connectivity index (χ1n) is 6.62. The standard InChI is InChI=1S/C15H9Cl3F2N2O3/c1-6-9(17)4-21-14(13(6)18)22-12(23)5-25-15(24)7-2-10(19)11(20)3-8(7)16/h2-4H,5H2,1H3,(H,21,22,23). The summed E-state index contributed by atoms with van der Waals surface area (Å²) in [5, 5.41) is 2.45. The summed E-state index contributed by atoms with van der Waals surface area (Å²) in [5.41, 5.74) is 0.103. The minimum absolute atomic E-state index is 0.0375. The molecule has 2 aromatic rings. The van der Waals surface area contributed by atoms with Crippen LogP contribution >= 0.6 is 34.8 Å². The summed E-state index contributed by atoms with van der Waals surface area (Å²) in [7, 11) is 0. The Balaban J connectivity index is 2.02. The summed E-state index contributed by atoms with van der Waals surface area (Å²) >= 11 is 17.5. The average molecular weight is 410 g/mol. The molecule has 5 nitrogen and oxygen atoms in total. The van der Waals surface area contributed by atoms with Gasteiger partial charge in [0.25, 0.3) is 5.91 Å². The molecular weight excluding hydrogens is 401 g/mol. The molecular formula is C15H9Cl3F2N2O3. The van der Waals surface area contributed by atoms with Gasteiger partial charge in [-0.2, -0.15) is 0 Å². The van der Waals surface area contributed by atoms with Gasteiger partial charge in [-0.3, -0.25) is 4.79 Å². The summed E-state index contributed by atoms with van der Waals surface area (Å²) in [4.78, 5) is 27.5. The molecule has 0 unspecified atom stereocenters. The van der Waals surface area contributed by atoms with E-state index in [1.54, 1.807) is 6.92 Å². The largest absolute Gasteiger partial charge is 0.452 e. The highest BCUT2D eigenvalue weighted by Crippen LogP contribution is 2.28. The number of carbonyl (C=O) groups excluding carboxylic acids is 2. The van der Waals surface area contributed by atoms with Crippen LogP contribution in [0.2, 0.25) is 15.1 Å². The molecule has 0 saturated carbocycles. The Morgan fingerprint density at radius 2 is 1.80 bits per heavy atom. The van der Waals surface area contributed by atoms with E-state index in [2.05, 4.69) is 10.3 Å². The number of hydrogen-bond acceptors (Lipinski definition) is 4. The Bertz CT molecular complexity index is 862. The van der Waals surface area contributed by atoms with Crippen LogP contribution in [0.15, 0.2) is 18.3 Å². The van der Waals surface area contributed by atoms with Crippen LogP contribution < -0.4 is 5.32 Å². The van der Waals surface area contributed by atoms with E-state index in [-0.39, 0.29) is 15.9 Å². The zero-order chi connectivity index (χ0) is 18.7. The number of ether oxygens (including phenoxy) is 1. The number of pyridine rings is 1. The number of anilines is 1. The molecule has 1 N–H and O–H groups in total. The first-order valence-corrected chi connectivity index (χ1v) is 7.76. The predicted octanol–water partition coefficient (Wildman–Crippen LogP) is 4.42. The minimum atomic E-state index is -1.27. The van der Waals surface area contributed by atoms with Crippen LogP contribution in [-0.4, -0.2) is 23.5 Å². The van der Waals surface area contributed by atoms with E-state index < -0.39 is 35.7 Å². The number of halogens is 5. The van der Waals surface area contributed by atoms with Crippen molar-refractivity contribution in [3.63, 3.8) is 0 Å². The fourth-order valence-corrected chi connectivity index (χ4v) is 2.32. The van der Waals surface area contributed by atoms with Gasteiger partial charge in [0.2, 0.25) is 0 Å². The van der Waals surface area contributed by atoms with Crippen LogP contribution in [0.4, 0.5) is 14.6 Å². The molecule has 1 aromatic heterocycles. The van der Waals surface area contributed by atoms with Gasteiger partial charge in [-0.1, -0.05) is 34.8 Å². The number of amides is 1. The third-order valence-corrected chi connectivity index (χ3v) is 4.18. The number of rotatable bonds is 4. The van der Waals surface area contributed by atoms with E-state index >= 15 is 0 Å². The second-order valence-electron chi connectivity index (χ2n) is 4.76. The third-order valence-electron chi connectivity index (χ3n) is 3.02. The molecule has 0 bridgehead atoms. The number of hydrogen-bond donors (Lipinski definition) is 1. The smallest absolute Gasteiger partial charge is 0.340 e. The lowest BCUT2D eigenvalue weighted by atomic mass is 10.2. The molecule has 25 heavy (non-hydrogen) atoms. The average Bonchev–Trinajstić information content (AvgIpc) is 2.56. The van der Waals surface area contributed by atoms with Crippen molar-refractivity contribution in [2.24, 2.45) is 0 Å². The van der Waals surface area contributed by atoms with E-state index in [0.29, 0.717) is 22.7 Å². The van der Waals surface area contributed by atoms with Crippen LogP contribution in [0.5, 0.6) is 0 Å². The quantitative estimate of drug-likeness (QED) is 0.599. The highest BCUT2D eigenvalue weighted by molar-refractivity contribution is 6.37. The van der Waals surface area contributed by atoms with Gasteiger partial charge in [-0.05, 0) is 24.6 Å². The first kappa shape index (κ1) is 19.4. The van der Waals surface area contributed by atoms with E-state index in [4.69, 9.17) is 39.5 Å². The Labute approximate surface area is 155 Å². The van der Waals surface area contributed by atoms with Crippen molar-refractivity contribution in [3.05, 3.63) is 56.2 Å². The molecule has 0 atom stereocenters. The van der Waals surface area contributed by atoms with Crippen molar-refractivity contribution in [2.45, 2.75) is 6.92 Å². The molecule has 0 radical (unpaired) electrons. The fourth-order valence-electron chi connectivity index (χ4n) is 1.70. The van der Waals surface area contributed by atoms with Gasteiger partial charge in [0.1, 0.15) is 0 Å². The number of carbonyl (C=O) groups is 2. The van der Waals surface area contributed by atoms with Crippen molar-refractivity contribution in [3.8, 4) is 0 Å². The Morgan fingerprint density at radius 3 is 2.48 bits per heavy atom. The van der Waals surface area contributed by atoms with Crippen LogP contribution in [0.3, 0.4) is 0 Å². The maximum atomic E-state index is 13.2. The lowest BCUT2D eigenvalue weighted by Crippen LogP contribution is -2.22. The Morgan fingerprint density at radius 1 is 1.16 bits per heavy atom. The molecule has 1 heterocycles. The molecule has 0 fully saturated rings. The van der Waals surface area contributed by atoms with Crippen molar-refractivity contribution >= 4 is 52.5 Å². The predicted molar refractivity (Wildman–Crippen MR) is 89.3 cm³/mol. The summed E-state index contributed by atoms with van der Waals surface area (Å²) < 4.78 is 30.9. The highest BCUT2D eigenvalue weighted by Gasteiger charge is 2.18. The van der Waals surface area contributed by atoms with Crippen molar-refractivity contribution in [2.75, 3.05) is 11.9 Å². The zero-order valence-electron chi connectivity index (χ0n) is 12.5. The molecule has 0 aliphatic heterocycles. The molecule has 1 aromatic carbocycles. The van der Waals surface area contributed by atoms with Crippen LogP contribution in [0.1, 0.15) is 15.9 Å². The third kappa shape index (κ3) is 4.56. The zero-order valence-corrected chi connectivity index (χ0v) is 14.8. The van der Waals surface area contributed by atoms with Gasteiger partial charge in [0.05, 0.1) is 20.6 Å². The second kappa shape index (κ2) is 7.95. The van der Waals surface area contributed by atoms with Crippen LogP contribution in [0, 0.1) is 18.6 Å². The van der Waals surface area contributed by atoms with Crippen molar-refractivity contribution < 1.29 is 23.1 Å². The molecule has 0 aliphatic carbocycles. The lowest BCUT2D eigenvalue weighted by molar-refractivity contribution is -0.119. The summed E-state index contributed by atoms with van der Waals surface area (Å²) in [6.45, 7) is 0.918. The Kier molecular flexibility index (Phi) is 6.16. The van der Waals surface area contributed by atoms with Crippen LogP contribution in [-0.2, 0) is 9.53 Å². The molecule has 0 spiro atoms. The van der Waals surface area contributed by atoms with Gasteiger partial charge in [0, 0.05) is 6.20 Å². The van der Waals surface area contributed by atoms with E-state index in [0.717, 1.165) is 0 Å². The molecule has 132 valence electrons. The van der Waals surface area contributed by atoms with Crippen molar-refractivity contribution in [1.29, 1.82) is 0 Å².